The van der Waals surface area contributed by atoms with Crippen molar-refractivity contribution >= 4 is 13.9 Å². The first-order chi connectivity index (χ1) is 8.90. The number of ether oxygens (including phenoxy) is 1. The lowest BCUT2D eigenvalue weighted by molar-refractivity contribution is 0.414. The Morgan fingerprint density at radius 2 is 2.00 bits per heavy atom. The molecule has 0 spiro atoms. The van der Waals surface area contributed by atoms with Crippen LogP contribution in [0, 0.1) is 0 Å². The molecule has 2 nitrogen and oxygen atoms in total. The summed E-state index contributed by atoms with van der Waals surface area (Å²) in [6, 6.07) is 6.22. The Morgan fingerprint density at radius 1 is 1.26 bits per heavy atom. The lowest BCUT2D eigenvalue weighted by Gasteiger charge is -2.26. The van der Waals surface area contributed by atoms with E-state index in [9.17, 15) is 0 Å². The van der Waals surface area contributed by atoms with Crippen molar-refractivity contribution in [1.82, 2.24) is 0 Å². The first-order valence-corrected chi connectivity index (χ1v) is 10.1. The highest BCUT2D eigenvalue weighted by Gasteiger charge is 2.22. The molecule has 0 amide bonds. The fourth-order valence-electron chi connectivity index (χ4n) is 2.34. The molecule has 0 saturated heterocycles. The molecule has 0 fully saturated rings. The molecule has 102 valence electrons. The van der Waals surface area contributed by atoms with Gasteiger partial charge < -0.3 is 9.16 Å². The third-order valence-corrected chi connectivity index (χ3v) is 3.95. The van der Waals surface area contributed by atoms with Gasteiger partial charge in [0.25, 0.3) is 0 Å². The van der Waals surface area contributed by atoms with Crippen LogP contribution in [0.25, 0.3) is 5.57 Å². The number of hydrogen-bond acceptors (Lipinski definition) is 2. The lowest BCUT2D eigenvalue weighted by atomic mass is 9.90. The number of allylic oxidation sites excluding steroid dienone is 2. The standard InChI is InChI=1S/C16H22O2Si/c1-12(18-19(3,4)5)15-8-6-7-13-11-14(17-2)9-10-16(13)15/h8-11H,1,6-7H2,2-5H3. The van der Waals surface area contributed by atoms with E-state index in [1.165, 1.54) is 11.1 Å². The minimum Gasteiger partial charge on any atom is -0.544 e. The first-order valence-electron chi connectivity index (χ1n) is 6.66. The van der Waals surface area contributed by atoms with Gasteiger partial charge in [0.2, 0.25) is 8.32 Å². The Hall–Kier alpha value is -1.48. The molecule has 0 saturated carbocycles. The Labute approximate surface area is 116 Å². The van der Waals surface area contributed by atoms with Crippen molar-refractivity contribution in [3.05, 3.63) is 47.7 Å². The first kappa shape index (κ1) is 13.9. The molecule has 0 atom stereocenters. The van der Waals surface area contributed by atoms with E-state index in [1.54, 1.807) is 7.11 Å². The van der Waals surface area contributed by atoms with E-state index in [2.05, 4.69) is 44.4 Å². The number of benzene rings is 1. The summed E-state index contributed by atoms with van der Waals surface area (Å²) in [5.74, 6) is 1.72. The summed E-state index contributed by atoms with van der Waals surface area (Å²) in [4.78, 5) is 0. The van der Waals surface area contributed by atoms with Gasteiger partial charge in [-0.1, -0.05) is 18.7 Å². The van der Waals surface area contributed by atoms with Crippen LogP contribution in [0.2, 0.25) is 19.6 Å². The fraction of sp³-hybridized carbons (Fsp3) is 0.375. The van der Waals surface area contributed by atoms with E-state index in [0.717, 1.165) is 29.9 Å². The summed E-state index contributed by atoms with van der Waals surface area (Å²) in [5, 5.41) is 0. The molecule has 0 unspecified atom stereocenters. The van der Waals surface area contributed by atoms with Crippen LogP contribution < -0.4 is 4.74 Å². The molecule has 0 N–H and O–H groups in total. The Kier molecular flexibility index (Phi) is 3.85. The topological polar surface area (TPSA) is 18.5 Å². The monoisotopic (exact) mass is 274 g/mol. The molecule has 19 heavy (non-hydrogen) atoms. The van der Waals surface area contributed by atoms with Crippen LogP contribution in [0.1, 0.15) is 17.5 Å². The number of hydrogen-bond donors (Lipinski definition) is 0. The average Bonchev–Trinajstić information content (AvgIpc) is 2.35. The predicted octanol–water partition coefficient (Wildman–Crippen LogP) is 4.39. The normalized spacial score (nSPS) is 14.4. The zero-order chi connectivity index (χ0) is 14.0. The van der Waals surface area contributed by atoms with Gasteiger partial charge in [-0.2, -0.15) is 0 Å². The maximum absolute atomic E-state index is 6.04. The van der Waals surface area contributed by atoms with Crippen molar-refractivity contribution in [2.45, 2.75) is 32.5 Å². The van der Waals surface area contributed by atoms with Crippen LogP contribution in [0.4, 0.5) is 0 Å². The van der Waals surface area contributed by atoms with Crippen molar-refractivity contribution in [2.75, 3.05) is 7.11 Å². The Bertz CT molecular complexity index is 524. The number of aryl methyl sites for hydroxylation is 1. The molecule has 0 heterocycles. The van der Waals surface area contributed by atoms with Gasteiger partial charge in [0.1, 0.15) is 11.5 Å². The molecular formula is C16H22O2Si. The van der Waals surface area contributed by atoms with Gasteiger partial charge in [0.15, 0.2) is 0 Å². The Morgan fingerprint density at radius 3 is 2.63 bits per heavy atom. The highest BCUT2D eigenvalue weighted by atomic mass is 28.4. The smallest absolute Gasteiger partial charge is 0.242 e. The maximum atomic E-state index is 6.04. The van der Waals surface area contributed by atoms with Crippen molar-refractivity contribution in [2.24, 2.45) is 0 Å². The molecule has 0 aliphatic heterocycles. The molecule has 1 aliphatic carbocycles. The van der Waals surface area contributed by atoms with Gasteiger partial charge >= 0.3 is 0 Å². The van der Waals surface area contributed by atoms with Crippen LogP contribution in [0.3, 0.4) is 0 Å². The predicted molar refractivity (Wildman–Crippen MR) is 82.9 cm³/mol. The molecule has 1 aromatic rings. The van der Waals surface area contributed by atoms with E-state index in [-0.39, 0.29) is 0 Å². The summed E-state index contributed by atoms with van der Waals surface area (Å²) < 4.78 is 11.3. The van der Waals surface area contributed by atoms with E-state index in [1.807, 2.05) is 6.07 Å². The molecule has 0 aromatic heterocycles. The minimum absolute atomic E-state index is 0.810. The maximum Gasteiger partial charge on any atom is 0.242 e. The molecule has 1 aliphatic rings. The second-order valence-corrected chi connectivity index (χ2v) is 10.2. The molecule has 3 heteroatoms. The van der Waals surface area contributed by atoms with Crippen molar-refractivity contribution < 1.29 is 9.16 Å². The van der Waals surface area contributed by atoms with E-state index in [4.69, 9.17) is 9.16 Å². The van der Waals surface area contributed by atoms with Gasteiger partial charge in [-0.05, 0) is 55.7 Å². The molecule has 0 radical (unpaired) electrons. The summed E-state index contributed by atoms with van der Waals surface area (Å²) in [6.45, 7) is 10.6. The molecule has 2 rings (SSSR count). The van der Waals surface area contributed by atoms with Gasteiger partial charge in [-0.15, -0.1) is 0 Å². The third kappa shape index (κ3) is 3.29. The number of rotatable bonds is 4. The van der Waals surface area contributed by atoms with Crippen LogP contribution in [-0.4, -0.2) is 15.4 Å². The zero-order valence-corrected chi connectivity index (χ0v) is 13.2. The summed E-state index contributed by atoms with van der Waals surface area (Å²) in [7, 11) is 0.0946. The Balaban J connectivity index is 2.30. The minimum atomic E-state index is -1.61. The largest absolute Gasteiger partial charge is 0.544 e. The molecule has 1 aromatic carbocycles. The fourth-order valence-corrected chi connectivity index (χ4v) is 3.19. The second kappa shape index (κ2) is 5.25. The highest BCUT2D eigenvalue weighted by Crippen LogP contribution is 2.34. The average molecular weight is 274 g/mol. The van der Waals surface area contributed by atoms with Crippen LogP contribution in [0.5, 0.6) is 5.75 Å². The third-order valence-electron chi connectivity index (χ3n) is 3.09. The van der Waals surface area contributed by atoms with E-state index >= 15 is 0 Å². The van der Waals surface area contributed by atoms with Crippen molar-refractivity contribution in [3.8, 4) is 5.75 Å². The summed E-state index contributed by atoms with van der Waals surface area (Å²) in [6.07, 6.45) is 4.32. The lowest BCUT2D eigenvalue weighted by Crippen LogP contribution is -2.25. The summed E-state index contributed by atoms with van der Waals surface area (Å²) in [5.41, 5.74) is 3.69. The van der Waals surface area contributed by atoms with E-state index in [0.29, 0.717) is 0 Å². The van der Waals surface area contributed by atoms with Crippen LogP contribution >= 0.6 is 0 Å². The second-order valence-electron chi connectivity index (χ2n) is 5.82. The van der Waals surface area contributed by atoms with Gasteiger partial charge in [-0.25, -0.2) is 0 Å². The van der Waals surface area contributed by atoms with Crippen molar-refractivity contribution in [1.29, 1.82) is 0 Å². The number of fused-ring (bicyclic) bond motifs is 1. The van der Waals surface area contributed by atoms with Crippen LogP contribution in [-0.2, 0) is 10.8 Å². The van der Waals surface area contributed by atoms with Crippen LogP contribution in [0.15, 0.2) is 36.6 Å². The molecular weight excluding hydrogens is 252 g/mol. The van der Waals surface area contributed by atoms with Crippen molar-refractivity contribution in [3.63, 3.8) is 0 Å². The van der Waals surface area contributed by atoms with Gasteiger partial charge in [0, 0.05) is 5.57 Å². The van der Waals surface area contributed by atoms with Gasteiger partial charge in [0.05, 0.1) is 7.11 Å². The SMILES string of the molecule is C=C(O[Si](C)(C)C)C1=CCCc2cc(OC)ccc21. The van der Waals surface area contributed by atoms with E-state index < -0.39 is 8.32 Å². The number of methoxy groups -OCH3 is 1. The zero-order valence-electron chi connectivity index (χ0n) is 12.2. The highest BCUT2D eigenvalue weighted by molar-refractivity contribution is 6.70. The summed E-state index contributed by atoms with van der Waals surface area (Å²) >= 11 is 0. The quantitative estimate of drug-likeness (QED) is 0.599. The van der Waals surface area contributed by atoms with Gasteiger partial charge in [-0.3, -0.25) is 0 Å². The molecule has 0 bridgehead atoms.